The van der Waals surface area contributed by atoms with Crippen LogP contribution in [-0.2, 0) is 0 Å². The van der Waals surface area contributed by atoms with Gasteiger partial charge >= 0.3 is 0 Å². The van der Waals surface area contributed by atoms with Crippen LogP contribution >= 0.6 is 11.6 Å². The highest BCUT2D eigenvalue weighted by molar-refractivity contribution is 6.33. The molecule has 5 rings (SSSR count). The van der Waals surface area contributed by atoms with Gasteiger partial charge in [0, 0.05) is 44.6 Å². The first kappa shape index (κ1) is 19.3. The Hall–Kier alpha value is -2.67. The van der Waals surface area contributed by atoms with Gasteiger partial charge in [-0.2, -0.15) is 0 Å². The Morgan fingerprint density at radius 2 is 1.90 bits per heavy atom. The Kier molecular flexibility index (Phi) is 5.06. The Balaban J connectivity index is 1.30. The van der Waals surface area contributed by atoms with Crippen LogP contribution in [0.2, 0.25) is 5.02 Å². The van der Waals surface area contributed by atoms with Crippen molar-refractivity contribution in [2.45, 2.75) is 38.6 Å². The van der Waals surface area contributed by atoms with Crippen LogP contribution in [0.15, 0.2) is 30.6 Å². The summed E-state index contributed by atoms with van der Waals surface area (Å²) < 4.78 is 2.26. The van der Waals surface area contributed by atoms with E-state index in [1.807, 2.05) is 30.2 Å². The number of carbonyl (C=O) groups excluding carboxylic acids is 1. The van der Waals surface area contributed by atoms with Crippen molar-refractivity contribution in [3.8, 4) is 0 Å². The van der Waals surface area contributed by atoms with E-state index in [9.17, 15) is 4.79 Å². The number of likely N-dealkylation sites (tertiary alicyclic amines) is 1. The number of anilines is 1. The predicted molar refractivity (Wildman–Crippen MR) is 117 cm³/mol. The molecule has 5 heterocycles. The van der Waals surface area contributed by atoms with Crippen molar-refractivity contribution in [2.24, 2.45) is 0 Å². The minimum Gasteiger partial charge on any atom is -0.355 e. The minimum absolute atomic E-state index is 0.0297. The molecule has 8 heteroatoms. The summed E-state index contributed by atoms with van der Waals surface area (Å²) in [5.74, 6) is 1.80. The molecule has 3 aromatic rings. The molecule has 0 atom stereocenters. The molecule has 0 spiro atoms. The fraction of sp³-hybridized carbons (Fsp3) is 0.455. The van der Waals surface area contributed by atoms with Crippen LogP contribution in [0, 0.1) is 6.92 Å². The number of rotatable bonds is 3. The van der Waals surface area contributed by atoms with Crippen LogP contribution in [0.4, 0.5) is 5.82 Å². The van der Waals surface area contributed by atoms with Crippen molar-refractivity contribution in [2.75, 3.05) is 31.1 Å². The summed E-state index contributed by atoms with van der Waals surface area (Å²) in [4.78, 5) is 30.5. The minimum atomic E-state index is 0.0297. The van der Waals surface area contributed by atoms with Gasteiger partial charge in [-0.3, -0.25) is 4.79 Å². The van der Waals surface area contributed by atoms with Gasteiger partial charge in [0.05, 0.1) is 10.6 Å². The molecule has 0 aromatic carbocycles. The van der Waals surface area contributed by atoms with E-state index in [1.54, 1.807) is 12.3 Å². The second kappa shape index (κ2) is 7.87. The number of carbonyl (C=O) groups is 1. The monoisotopic (exact) mass is 424 g/mol. The van der Waals surface area contributed by atoms with Gasteiger partial charge in [0.25, 0.3) is 5.91 Å². The molecule has 0 bridgehead atoms. The Labute approximate surface area is 180 Å². The largest absolute Gasteiger partial charge is 0.355 e. The quantitative estimate of drug-likeness (QED) is 0.638. The number of halogens is 1. The van der Waals surface area contributed by atoms with Crippen molar-refractivity contribution in [3.05, 3.63) is 47.0 Å². The molecular weight excluding hydrogens is 400 g/mol. The zero-order valence-corrected chi connectivity index (χ0v) is 17.8. The normalized spacial score (nSPS) is 17.8. The fourth-order valence-electron chi connectivity index (χ4n) is 4.70. The number of aryl methyl sites for hydroxylation is 1. The molecule has 0 radical (unpaired) electrons. The summed E-state index contributed by atoms with van der Waals surface area (Å²) >= 11 is 6.55. The van der Waals surface area contributed by atoms with Crippen LogP contribution in [0.3, 0.4) is 0 Å². The lowest BCUT2D eigenvalue weighted by Gasteiger charge is -2.34. The first-order valence-electron chi connectivity index (χ1n) is 10.6. The van der Waals surface area contributed by atoms with Gasteiger partial charge in [-0.15, -0.1) is 0 Å². The average molecular weight is 425 g/mol. The molecule has 2 saturated heterocycles. The standard InChI is InChI=1S/C22H25ClN6O/c1-15-26-19-5-4-8-24-21(19)29(15)17-6-11-27(12-7-17)20-18(23)13-16(14-25-20)22(30)28-9-2-3-10-28/h4-5,8,13-14,17H,2-3,6-7,9-12H2,1H3. The third kappa shape index (κ3) is 3.41. The van der Waals surface area contributed by atoms with Gasteiger partial charge in [-0.1, -0.05) is 11.6 Å². The highest BCUT2D eigenvalue weighted by atomic mass is 35.5. The molecule has 2 aliphatic heterocycles. The Bertz CT molecular complexity index is 1080. The lowest BCUT2D eigenvalue weighted by molar-refractivity contribution is 0.0792. The molecule has 0 N–H and O–H groups in total. The Morgan fingerprint density at radius 1 is 1.13 bits per heavy atom. The number of pyridine rings is 2. The van der Waals surface area contributed by atoms with E-state index < -0.39 is 0 Å². The van der Waals surface area contributed by atoms with Crippen molar-refractivity contribution >= 4 is 34.5 Å². The van der Waals surface area contributed by atoms with Crippen LogP contribution in [0.5, 0.6) is 0 Å². The summed E-state index contributed by atoms with van der Waals surface area (Å²) in [5.41, 5.74) is 2.47. The molecule has 3 aromatic heterocycles. The van der Waals surface area contributed by atoms with Crippen LogP contribution in [0.1, 0.15) is 47.9 Å². The lowest BCUT2D eigenvalue weighted by atomic mass is 10.0. The fourth-order valence-corrected chi connectivity index (χ4v) is 4.98. The number of aromatic nitrogens is 4. The molecule has 0 saturated carbocycles. The van der Waals surface area contributed by atoms with E-state index in [0.29, 0.717) is 16.6 Å². The number of hydrogen-bond donors (Lipinski definition) is 0. The van der Waals surface area contributed by atoms with E-state index in [0.717, 1.165) is 74.7 Å². The summed E-state index contributed by atoms with van der Waals surface area (Å²) in [6.07, 6.45) is 7.57. The van der Waals surface area contributed by atoms with Gasteiger partial charge in [0.1, 0.15) is 17.2 Å². The predicted octanol–water partition coefficient (Wildman–Crippen LogP) is 3.87. The molecule has 7 nitrogen and oxygen atoms in total. The van der Waals surface area contributed by atoms with Crippen LogP contribution in [-0.4, -0.2) is 56.5 Å². The second-order valence-corrected chi connectivity index (χ2v) is 8.53. The van der Waals surface area contributed by atoms with E-state index in [2.05, 4.69) is 24.4 Å². The third-order valence-corrected chi connectivity index (χ3v) is 6.49. The SMILES string of the molecule is Cc1nc2cccnc2n1C1CCN(c2ncc(C(=O)N3CCCC3)cc2Cl)CC1. The number of imidazole rings is 1. The number of hydrogen-bond acceptors (Lipinski definition) is 5. The molecule has 0 unspecified atom stereocenters. The van der Waals surface area contributed by atoms with Crippen molar-refractivity contribution in [1.82, 2.24) is 24.4 Å². The number of fused-ring (bicyclic) bond motifs is 1. The molecule has 1 amide bonds. The van der Waals surface area contributed by atoms with E-state index in [-0.39, 0.29) is 5.91 Å². The second-order valence-electron chi connectivity index (χ2n) is 8.12. The van der Waals surface area contributed by atoms with Gasteiger partial charge in [0.15, 0.2) is 5.65 Å². The Morgan fingerprint density at radius 3 is 2.63 bits per heavy atom. The zero-order chi connectivity index (χ0) is 20.7. The van der Waals surface area contributed by atoms with Crippen molar-refractivity contribution in [1.29, 1.82) is 0 Å². The zero-order valence-electron chi connectivity index (χ0n) is 17.1. The third-order valence-electron chi connectivity index (χ3n) is 6.22. The molecule has 30 heavy (non-hydrogen) atoms. The summed E-state index contributed by atoms with van der Waals surface area (Å²) in [7, 11) is 0. The van der Waals surface area contributed by atoms with Crippen LogP contribution in [0.25, 0.3) is 11.2 Å². The molecule has 2 aliphatic rings. The van der Waals surface area contributed by atoms with Crippen molar-refractivity contribution < 1.29 is 4.79 Å². The lowest BCUT2D eigenvalue weighted by Crippen LogP contribution is -2.36. The molecule has 156 valence electrons. The summed E-state index contributed by atoms with van der Waals surface area (Å²) in [6.45, 7) is 5.39. The first-order chi connectivity index (χ1) is 14.6. The maximum Gasteiger partial charge on any atom is 0.255 e. The highest BCUT2D eigenvalue weighted by Crippen LogP contribution is 2.32. The topological polar surface area (TPSA) is 67.2 Å². The van der Waals surface area contributed by atoms with E-state index >= 15 is 0 Å². The number of piperidine rings is 1. The average Bonchev–Trinajstić information content (AvgIpc) is 3.41. The molecule has 0 aliphatic carbocycles. The first-order valence-corrected chi connectivity index (χ1v) is 11.0. The van der Waals surface area contributed by atoms with Crippen LogP contribution < -0.4 is 4.90 Å². The molecule has 2 fully saturated rings. The van der Waals surface area contributed by atoms with Crippen molar-refractivity contribution in [3.63, 3.8) is 0 Å². The smallest absolute Gasteiger partial charge is 0.255 e. The van der Waals surface area contributed by atoms with Gasteiger partial charge in [-0.25, -0.2) is 15.0 Å². The van der Waals surface area contributed by atoms with E-state index in [1.165, 1.54) is 0 Å². The number of amides is 1. The molecular formula is C22H25ClN6O. The maximum absolute atomic E-state index is 12.6. The number of nitrogens with zero attached hydrogens (tertiary/aromatic N) is 6. The van der Waals surface area contributed by atoms with E-state index in [4.69, 9.17) is 11.6 Å². The summed E-state index contributed by atoms with van der Waals surface area (Å²) in [5, 5.41) is 0.546. The summed E-state index contributed by atoms with van der Waals surface area (Å²) in [6, 6.07) is 6.06. The maximum atomic E-state index is 12.6. The van der Waals surface area contributed by atoms with Gasteiger partial charge in [0.2, 0.25) is 0 Å². The highest BCUT2D eigenvalue weighted by Gasteiger charge is 2.26. The van der Waals surface area contributed by atoms with Gasteiger partial charge in [-0.05, 0) is 50.8 Å². The van der Waals surface area contributed by atoms with Gasteiger partial charge < -0.3 is 14.4 Å².